The summed E-state index contributed by atoms with van der Waals surface area (Å²) in [4.78, 5) is 18.6. The highest BCUT2D eigenvalue weighted by molar-refractivity contribution is 5.92. The van der Waals surface area contributed by atoms with Gasteiger partial charge in [0.2, 0.25) is 5.95 Å². The number of ether oxygens (including phenoxy) is 2. The standard InChI is InChI=1S/C19H24N8O2/c1-20-6-9-29-19-24-17(23-18(25-19)27-7-10-28-11-8-27)13-22-26-16-12-21-15-5-3-2-4-14(15)16/h2-5,12-13,20-21,26H,6-11H2,1H3/b22-13+. The second kappa shape index (κ2) is 9.30. The summed E-state index contributed by atoms with van der Waals surface area (Å²) in [5.74, 6) is 0.990. The quantitative estimate of drug-likeness (QED) is 0.296. The summed E-state index contributed by atoms with van der Waals surface area (Å²) >= 11 is 0. The second-order valence-electron chi connectivity index (χ2n) is 6.45. The van der Waals surface area contributed by atoms with E-state index in [2.05, 4.69) is 40.7 Å². The largest absolute Gasteiger partial charge is 0.462 e. The molecular weight excluding hydrogens is 372 g/mol. The van der Waals surface area contributed by atoms with Gasteiger partial charge in [-0.2, -0.15) is 20.1 Å². The monoisotopic (exact) mass is 396 g/mol. The number of nitrogens with zero attached hydrogens (tertiary/aromatic N) is 5. The molecule has 0 radical (unpaired) electrons. The van der Waals surface area contributed by atoms with E-state index in [1.165, 1.54) is 0 Å². The fraction of sp³-hybridized carbons (Fsp3) is 0.368. The fourth-order valence-electron chi connectivity index (χ4n) is 2.96. The van der Waals surface area contributed by atoms with E-state index >= 15 is 0 Å². The molecule has 0 saturated carbocycles. The second-order valence-corrected chi connectivity index (χ2v) is 6.45. The third-order valence-corrected chi connectivity index (χ3v) is 4.45. The highest BCUT2D eigenvalue weighted by Gasteiger charge is 2.16. The molecule has 0 atom stereocenters. The molecule has 1 aliphatic rings. The Hall–Kier alpha value is -3.24. The highest BCUT2D eigenvalue weighted by Crippen LogP contribution is 2.22. The van der Waals surface area contributed by atoms with Gasteiger partial charge >= 0.3 is 6.01 Å². The number of rotatable bonds is 8. The van der Waals surface area contributed by atoms with Crippen LogP contribution >= 0.6 is 0 Å². The minimum absolute atomic E-state index is 0.283. The van der Waals surface area contributed by atoms with Crippen molar-refractivity contribution in [3.63, 3.8) is 0 Å². The summed E-state index contributed by atoms with van der Waals surface area (Å²) in [7, 11) is 1.87. The van der Waals surface area contributed by atoms with Gasteiger partial charge in [-0.3, -0.25) is 5.43 Å². The molecule has 1 aromatic carbocycles. The van der Waals surface area contributed by atoms with E-state index in [1.807, 2.05) is 37.5 Å². The normalized spacial score (nSPS) is 14.6. The average molecular weight is 396 g/mol. The number of likely N-dealkylation sites (N-methyl/N-ethyl adjacent to an activating group) is 1. The smallest absolute Gasteiger partial charge is 0.321 e. The summed E-state index contributed by atoms with van der Waals surface area (Å²) < 4.78 is 11.1. The summed E-state index contributed by atoms with van der Waals surface area (Å²) in [6, 6.07) is 8.29. The SMILES string of the molecule is CNCCOc1nc(/C=N/Nc2c[nH]c3ccccc23)nc(N2CCOCC2)n1. The van der Waals surface area contributed by atoms with Gasteiger partial charge in [0.25, 0.3) is 0 Å². The first-order chi connectivity index (χ1) is 14.3. The molecule has 1 aliphatic heterocycles. The third kappa shape index (κ3) is 4.79. The van der Waals surface area contributed by atoms with Crippen LogP contribution in [0.3, 0.4) is 0 Å². The molecule has 10 heteroatoms. The zero-order valence-corrected chi connectivity index (χ0v) is 16.3. The lowest BCUT2D eigenvalue weighted by Crippen LogP contribution is -2.37. The maximum absolute atomic E-state index is 5.66. The molecule has 1 saturated heterocycles. The van der Waals surface area contributed by atoms with Crippen LogP contribution in [-0.4, -0.2) is 72.7 Å². The van der Waals surface area contributed by atoms with Crippen molar-refractivity contribution in [3.8, 4) is 6.01 Å². The van der Waals surface area contributed by atoms with Crippen LogP contribution in [0.5, 0.6) is 6.01 Å². The zero-order valence-electron chi connectivity index (χ0n) is 16.3. The molecule has 1 fully saturated rings. The van der Waals surface area contributed by atoms with Crippen molar-refractivity contribution in [2.24, 2.45) is 5.10 Å². The lowest BCUT2D eigenvalue weighted by atomic mass is 10.2. The van der Waals surface area contributed by atoms with Crippen molar-refractivity contribution >= 4 is 28.8 Å². The Morgan fingerprint density at radius 2 is 2.10 bits per heavy atom. The Bertz CT molecular complexity index is 968. The van der Waals surface area contributed by atoms with Crippen molar-refractivity contribution in [3.05, 3.63) is 36.3 Å². The van der Waals surface area contributed by atoms with Gasteiger partial charge in [0.1, 0.15) is 6.61 Å². The first kappa shape index (κ1) is 19.1. The molecule has 2 aromatic heterocycles. The van der Waals surface area contributed by atoms with Gasteiger partial charge in [0.05, 0.1) is 25.1 Å². The maximum Gasteiger partial charge on any atom is 0.321 e. The minimum Gasteiger partial charge on any atom is -0.462 e. The lowest BCUT2D eigenvalue weighted by molar-refractivity contribution is 0.122. The number of hydrogen-bond acceptors (Lipinski definition) is 9. The van der Waals surface area contributed by atoms with Crippen LogP contribution in [0.2, 0.25) is 0 Å². The number of hydrazone groups is 1. The number of nitrogens with one attached hydrogen (secondary N) is 3. The zero-order chi connectivity index (χ0) is 19.9. The van der Waals surface area contributed by atoms with E-state index in [9.17, 15) is 0 Å². The number of benzene rings is 1. The molecule has 3 aromatic rings. The summed E-state index contributed by atoms with van der Waals surface area (Å²) in [6.07, 6.45) is 3.44. The van der Waals surface area contributed by atoms with Gasteiger partial charge in [-0.25, -0.2) is 0 Å². The molecule has 152 valence electrons. The molecule has 3 N–H and O–H groups in total. The van der Waals surface area contributed by atoms with Crippen LogP contribution in [-0.2, 0) is 4.74 Å². The Morgan fingerprint density at radius 1 is 1.24 bits per heavy atom. The van der Waals surface area contributed by atoms with Gasteiger partial charge in [0.15, 0.2) is 5.82 Å². The topological polar surface area (TPSA) is 113 Å². The van der Waals surface area contributed by atoms with Crippen LogP contribution in [0, 0.1) is 0 Å². The maximum atomic E-state index is 5.66. The van der Waals surface area contributed by atoms with Crippen molar-refractivity contribution in [1.29, 1.82) is 0 Å². The van der Waals surface area contributed by atoms with Crippen LogP contribution in [0.4, 0.5) is 11.6 Å². The molecule has 3 heterocycles. The van der Waals surface area contributed by atoms with Crippen LogP contribution < -0.4 is 20.4 Å². The number of para-hydroxylation sites is 1. The van der Waals surface area contributed by atoms with Crippen LogP contribution in [0.1, 0.15) is 5.82 Å². The van der Waals surface area contributed by atoms with Gasteiger partial charge < -0.3 is 24.7 Å². The summed E-state index contributed by atoms with van der Waals surface area (Å²) in [5.41, 5.74) is 4.96. The van der Waals surface area contributed by atoms with E-state index in [0.717, 1.165) is 29.7 Å². The Balaban J connectivity index is 1.52. The van der Waals surface area contributed by atoms with Gasteiger partial charge in [-0.15, -0.1) is 0 Å². The van der Waals surface area contributed by atoms with E-state index < -0.39 is 0 Å². The van der Waals surface area contributed by atoms with E-state index in [-0.39, 0.29) is 6.01 Å². The molecule has 0 bridgehead atoms. The van der Waals surface area contributed by atoms with Gasteiger partial charge in [-0.1, -0.05) is 18.2 Å². The Kier molecular flexibility index (Phi) is 6.13. The number of hydrogen-bond donors (Lipinski definition) is 3. The number of fused-ring (bicyclic) bond motifs is 1. The predicted octanol–water partition coefficient (Wildman–Crippen LogP) is 1.23. The molecule has 10 nitrogen and oxygen atoms in total. The number of aromatic nitrogens is 4. The first-order valence-electron chi connectivity index (χ1n) is 9.55. The predicted molar refractivity (Wildman–Crippen MR) is 112 cm³/mol. The number of morpholine rings is 1. The number of anilines is 2. The Labute approximate surface area is 168 Å². The molecular formula is C19H24N8O2. The molecule has 0 aliphatic carbocycles. The Morgan fingerprint density at radius 3 is 2.97 bits per heavy atom. The third-order valence-electron chi connectivity index (χ3n) is 4.45. The van der Waals surface area contributed by atoms with Gasteiger partial charge in [0, 0.05) is 36.7 Å². The van der Waals surface area contributed by atoms with Crippen molar-refractivity contribution < 1.29 is 9.47 Å². The van der Waals surface area contributed by atoms with Gasteiger partial charge in [-0.05, 0) is 13.1 Å². The van der Waals surface area contributed by atoms with Crippen molar-refractivity contribution in [2.75, 3.05) is 56.8 Å². The first-order valence-corrected chi connectivity index (χ1v) is 9.55. The lowest BCUT2D eigenvalue weighted by Gasteiger charge is -2.26. The highest BCUT2D eigenvalue weighted by atomic mass is 16.5. The average Bonchev–Trinajstić information content (AvgIpc) is 3.18. The number of aromatic amines is 1. The molecule has 4 rings (SSSR count). The van der Waals surface area contributed by atoms with E-state index in [0.29, 0.717) is 38.1 Å². The fourth-order valence-corrected chi connectivity index (χ4v) is 2.96. The minimum atomic E-state index is 0.283. The number of H-pyrrole nitrogens is 1. The summed E-state index contributed by atoms with van der Waals surface area (Å²) in [5, 5.41) is 8.39. The van der Waals surface area contributed by atoms with Crippen LogP contribution in [0.25, 0.3) is 10.9 Å². The van der Waals surface area contributed by atoms with Crippen molar-refractivity contribution in [1.82, 2.24) is 25.3 Å². The van der Waals surface area contributed by atoms with E-state index in [4.69, 9.17) is 9.47 Å². The van der Waals surface area contributed by atoms with Crippen molar-refractivity contribution in [2.45, 2.75) is 0 Å². The molecule has 0 unspecified atom stereocenters. The molecule has 29 heavy (non-hydrogen) atoms. The van der Waals surface area contributed by atoms with E-state index in [1.54, 1.807) is 6.21 Å². The molecule has 0 spiro atoms. The molecule has 0 amide bonds. The summed E-state index contributed by atoms with van der Waals surface area (Å²) in [6.45, 7) is 3.91. The van der Waals surface area contributed by atoms with Crippen LogP contribution in [0.15, 0.2) is 35.6 Å².